The van der Waals surface area contributed by atoms with E-state index >= 15 is 0 Å². The molecule has 0 saturated heterocycles. The van der Waals surface area contributed by atoms with Gasteiger partial charge < -0.3 is 10.6 Å². The zero-order chi connectivity index (χ0) is 14.4. The van der Waals surface area contributed by atoms with E-state index in [9.17, 15) is 4.79 Å². The first-order valence-corrected chi connectivity index (χ1v) is 7.44. The molecule has 20 heavy (non-hydrogen) atoms. The molecule has 0 aromatic heterocycles. The third-order valence-corrected chi connectivity index (χ3v) is 4.15. The quantitative estimate of drug-likeness (QED) is 0.843. The number of hydrogen-bond acceptors (Lipinski definition) is 2. The number of amides is 1. The van der Waals surface area contributed by atoms with Crippen LogP contribution in [0.3, 0.4) is 0 Å². The first kappa shape index (κ1) is 19.4. The Morgan fingerprint density at radius 3 is 2.50 bits per heavy atom. The number of rotatable bonds is 6. The fourth-order valence-electron chi connectivity index (χ4n) is 1.74. The third kappa shape index (κ3) is 6.25. The summed E-state index contributed by atoms with van der Waals surface area (Å²) < 4.78 is 0.982. The maximum atomic E-state index is 12.1. The van der Waals surface area contributed by atoms with Crippen molar-refractivity contribution in [1.29, 1.82) is 0 Å². The fraction of sp³-hybridized carbons (Fsp3) is 0.533. The highest BCUT2D eigenvalue weighted by Crippen LogP contribution is 2.17. The van der Waals surface area contributed by atoms with Crippen LogP contribution in [0.15, 0.2) is 28.7 Å². The molecule has 1 aromatic carbocycles. The minimum atomic E-state index is 0. The summed E-state index contributed by atoms with van der Waals surface area (Å²) in [5.74, 6) is 0.578. The summed E-state index contributed by atoms with van der Waals surface area (Å²) in [7, 11) is 1.84. The van der Waals surface area contributed by atoms with Gasteiger partial charge in [0, 0.05) is 24.1 Å². The van der Waals surface area contributed by atoms with Gasteiger partial charge in [-0.15, -0.1) is 12.4 Å². The van der Waals surface area contributed by atoms with E-state index in [1.807, 2.05) is 31.3 Å². The minimum absolute atomic E-state index is 0. The van der Waals surface area contributed by atoms with Crippen LogP contribution >= 0.6 is 28.3 Å². The molecule has 0 aliphatic rings. The molecule has 0 aliphatic heterocycles. The summed E-state index contributed by atoms with van der Waals surface area (Å²) in [4.78, 5) is 13.9. The van der Waals surface area contributed by atoms with E-state index in [-0.39, 0.29) is 24.4 Å². The monoisotopic (exact) mass is 362 g/mol. The van der Waals surface area contributed by atoms with Crippen molar-refractivity contribution in [3.63, 3.8) is 0 Å². The Balaban J connectivity index is 0.00000361. The van der Waals surface area contributed by atoms with Crippen LogP contribution in [0.1, 0.15) is 25.8 Å². The molecule has 0 fully saturated rings. The summed E-state index contributed by atoms with van der Waals surface area (Å²) in [5, 5.41) is 0. The van der Waals surface area contributed by atoms with E-state index in [0.29, 0.717) is 18.9 Å². The van der Waals surface area contributed by atoms with Crippen LogP contribution in [0.2, 0.25) is 0 Å². The smallest absolute Gasteiger partial charge is 0.226 e. The molecule has 1 atom stereocenters. The van der Waals surface area contributed by atoms with E-state index in [0.717, 1.165) is 16.5 Å². The zero-order valence-electron chi connectivity index (χ0n) is 12.3. The van der Waals surface area contributed by atoms with Gasteiger partial charge in [-0.3, -0.25) is 4.79 Å². The van der Waals surface area contributed by atoms with E-state index in [2.05, 4.69) is 29.8 Å². The summed E-state index contributed by atoms with van der Waals surface area (Å²) >= 11 is 3.46. The highest BCUT2D eigenvalue weighted by atomic mass is 79.9. The lowest BCUT2D eigenvalue weighted by atomic mass is 10.0. The van der Waals surface area contributed by atoms with Gasteiger partial charge in [-0.05, 0) is 24.0 Å². The SMILES string of the molecule is CC(C)C(N)CCN(C)C(=O)Cc1ccccc1Br.Cl. The van der Waals surface area contributed by atoms with Crippen LogP contribution in [-0.2, 0) is 11.2 Å². The maximum Gasteiger partial charge on any atom is 0.226 e. The molecular formula is C15H24BrClN2O. The van der Waals surface area contributed by atoms with Crippen LogP contribution < -0.4 is 5.73 Å². The molecule has 5 heteroatoms. The molecule has 1 aromatic rings. The van der Waals surface area contributed by atoms with Crippen molar-refractivity contribution in [1.82, 2.24) is 4.90 Å². The van der Waals surface area contributed by atoms with Crippen molar-refractivity contribution in [3.05, 3.63) is 34.3 Å². The van der Waals surface area contributed by atoms with E-state index in [4.69, 9.17) is 5.73 Å². The number of likely N-dealkylation sites (N-methyl/N-ethyl adjacent to an activating group) is 1. The standard InChI is InChI=1S/C15H23BrN2O.ClH/c1-11(2)14(17)8-9-18(3)15(19)10-12-6-4-5-7-13(12)16;/h4-7,11,14H,8-10,17H2,1-3H3;1H. The lowest BCUT2D eigenvalue weighted by Gasteiger charge is -2.21. The third-order valence-electron chi connectivity index (χ3n) is 3.38. The van der Waals surface area contributed by atoms with Gasteiger partial charge >= 0.3 is 0 Å². The molecule has 0 spiro atoms. The number of carbonyl (C=O) groups excluding carboxylic acids is 1. The van der Waals surface area contributed by atoms with Gasteiger partial charge in [0.25, 0.3) is 0 Å². The van der Waals surface area contributed by atoms with Gasteiger partial charge in [-0.2, -0.15) is 0 Å². The zero-order valence-corrected chi connectivity index (χ0v) is 14.7. The molecule has 3 nitrogen and oxygen atoms in total. The maximum absolute atomic E-state index is 12.1. The Bertz CT molecular complexity index is 426. The molecule has 0 heterocycles. The van der Waals surface area contributed by atoms with Crippen LogP contribution in [0.4, 0.5) is 0 Å². The van der Waals surface area contributed by atoms with Crippen LogP contribution in [0.5, 0.6) is 0 Å². The molecule has 2 N–H and O–H groups in total. The Labute approximate surface area is 136 Å². The number of nitrogens with two attached hydrogens (primary N) is 1. The lowest BCUT2D eigenvalue weighted by Crippen LogP contribution is -2.35. The van der Waals surface area contributed by atoms with Gasteiger partial charge in [0.1, 0.15) is 0 Å². The molecular weight excluding hydrogens is 340 g/mol. The number of carbonyl (C=O) groups is 1. The predicted molar refractivity (Wildman–Crippen MR) is 90.2 cm³/mol. The Kier molecular flexibility index (Phi) is 9.10. The number of hydrogen-bond donors (Lipinski definition) is 1. The topological polar surface area (TPSA) is 46.3 Å². The number of benzene rings is 1. The highest BCUT2D eigenvalue weighted by Gasteiger charge is 2.14. The van der Waals surface area contributed by atoms with E-state index in [1.54, 1.807) is 4.90 Å². The molecule has 0 saturated carbocycles. The normalized spacial score (nSPS) is 11.9. The first-order chi connectivity index (χ1) is 8.91. The summed E-state index contributed by atoms with van der Waals surface area (Å²) in [5.41, 5.74) is 7.02. The Morgan fingerprint density at radius 2 is 1.95 bits per heavy atom. The number of halogens is 2. The summed E-state index contributed by atoms with van der Waals surface area (Å²) in [6.45, 7) is 4.92. The van der Waals surface area contributed by atoms with Crippen molar-refractivity contribution >= 4 is 34.2 Å². The Hall–Kier alpha value is -0.580. The first-order valence-electron chi connectivity index (χ1n) is 6.64. The predicted octanol–water partition coefficient (Wildman–Crippen LogP) is 3.25. The molecule has 0 aliphatic carbocycles. The van der Waals surface area contributed by atoms with Crippen molar-refractivity contribution < 1.29 is 4.79 Å². The minimum Gasteiger partial charge on any atom is -0.345 e. The Morgan fingerprint density at radius 1 is 1.35 bits per heavy atom. The summed E-state index contributed by atoms with van der Waals surface area (Å²) in [6, 6.07) is 7.97. The largest absolute Gasteiger partial charge is 0.345 e. The molecule has 1 rings (SSSR count). The molecule has 1 unspecified atom stereocenters. The van der Waals surface area contributed by atoms with Gasteiger partial charge in [0.15, 0.2) is 0 Å². The summed E-state index contributed by atoms with van der Waals surface area (Å²) in [6.07, 6.45) is 1.27. The second-order valence-corrected chi connectivity index (χ2v) is 6.13. The van der Waals surface area contributed by atoms with E-state index < -0.39 is 0 Å². The van der Waals surface area contributed by atoms with Gasteiger partial charge in [0.2, 0.25) is 5.91 Å². The molecule has 114 valence electrons. The van der Waals surface area contributed by atoms with Crippen molar-refractivity contribution in [3.8, 4) is 0 Å². The second-order valence-electron chi connectivity index (χ2n) is 5.28. The lowest BCUT2D eigenvalue weighted by molar-refractivity contribution is -0.129. The van der Waals surface area contributed by atoms with Crippen molar-refractivity contribution in [2.24, 2.45) is 11.7 Å². The van der Waals surface area contributed by atoms with Crippen LogP contribution in [0.25, 0.3) is 0 Å². The van der Waals surface area contributed by atoms with Crippen molar-refractivity contribution in [2.45, 2.75) is 32.7 Å². The van der Waals surface area contributed by atoms with E-state index in [1.165, 1.54) is 0 Å². The van der Waals surface area contributed by atoms with Crippen LogP contribution in [-0.4, -0.2) is 30.4 Å². The highest BCUT2D eigenvalue weighted by molar-refractivity contribution is 9.10. The van der Waals surface area contributed by atoms with Gasteiger partial charge in [-0.1, -0.05) is 48.0 Å². The average Bonchev–Trinajstić information content (AvgIpc) is 2.37. The number of nitrogens with zero attached hydrogens (tertiary/aromatic N) is 1. The molecule has 0 radical (unpaired) electrons. The average molecular weight is 364 g/mol. The fourth-order valence-corrected chi connectivity index (χ4v) is 2.17. The van der Waals surface area contributed by atoms with Crippen LogP contribution in [0, 0.1) is 5.92 Å². The van der Waals surface area contributed by atoms with Gasteiger partial charge in [0.05, 0.1) is 6.42 Å². The van der Waals surface area contributed by atoms with Gasteiger partial charge in [-0.25, -0.2) is 0 Å². The van der Waals surface area contributed by atoms with Crippen molar-refractivity contribution in [2.75, 3.05) is 13.6 Å². The molecule has 0 bridgehead atoms. The molecule has 1 amide bonds. The second kappa shape index (κ2) is 9.37.